The molecule has 0 aliphatic heterocycles. The molecule has 0 saturated carbocycles. The summed E-state index contributed by atoms with van der Waals surface area (Å²) in [6.07, 6.45) is 6.01. The van der Waals surface area contributed by atoms with Crippen molar-refractivity contribution in [3.8, 4) is 0 Å². The smallest absolute Gasteiger partial charge is 0.267 e. The highest BCUT2D eigenvalue weighted by Gasteiger charge is 2.16. The van der Waals surface area contributed by atoms with Crippen LogP contribution < -0.4 is 5.48 Å². The van der Waals surface area contributed by atoms with Crippen LogP contribution in [0.3, 0.4) is 0 Å². The molecule has 1 amide bonds. The second-order valence-electron chi connectivity index (χ2n) is 6.20. The number of benzene rings is 1. The van der Waals surface area contributed by atoms with Gasteiger partial charge in [0.05, 0.1) is 11.2 Å². The maximum atomic E-state index is 12.6. The Balaban J connectivity index is 0.000000749. The molecule has 2 aromatic rings. The molecule has 0 unspecified atom stereocenters. The van der Waals surface area contributed by atoms with Gasteiger partial charge in [-0.15, -0.1) is 0 Å². The minimum Gasteiger partial charge on any atom is -0.305 e. The predicted molar refractivity (Wildman–Crippen MR) is 107 cm³/mol. The zero-order valence-corrected chi connectivity index (χ0v) is 17.7. The average Bonchev–Trinajstić information content (AvgIpc) is 3.08. The van der Waals surface area contributed by atoms with Crippen molar-refractivity contribution in [2.75, 3.05) is 20.4 Å². The average molecular weight is 446 g/mol. The molecule has 0 radical (unpaired) electrons. The second-order valence-corrected chi connectivity index (χ2v) is 9.51. The van der Waals surface area contributed by atoms with Crippen molar-refractivity contribution < 1.29 is 31.4 Å². The fraction of sp³-hybridized carbons (Fsp3) is 0.235. The van der Waals surface area contributed by atoms with Crippen LogP contribution in [0.4, 0.5) is 0 Å². The summed E-state index contributed by atoms with van der Waals surface area (Å²) in [4.78, 5) is 13.1. The first-order valence-electron chi connectivity index (χ1n) is 8.05. The molecule has 0 fully saturated rings. The van der Waals surface area contributed by atoms with Crippen LogP contribution in [0.2, 0.25) is 0 Å². The van der Waals surface area contributed by atoms with Crippen molar-refractivity contribution in [3.05, 3.63) is 59.9 Å². The quantitative estimate of drug-likeness (QED) is 0.256. The summed E-state index contributed by atoms with van der Waals surface area (Å²) in [5.41, 5.74) is 3.00. The van der Waals surface area contributed by atoms with Crippen LogP contribution in [0.1, 0.15) is 11.1 Å². The Morgan fingerprint density at radius 2 is 1.69 bits per heavy atom. The van der Waals surface area contributed by atoms with E-state index in [1.54, 1.807) is 30.3 Å². The highest BCUT2D eigenvalue weighted by Crippen LogP contribution is 2.17. The van der Waals surface area contributed by atoms with Crippen molar-refractivity contribution in [1.82, 2.24) is 14.4 Å². The maximum Gasteiger partial charge on any atom is 0.267 e. The SMILES string of the molecule is CN(C)Cc1ccc(S(=O)(=O)n2ccc(C=CC(=O)NO)c2)cc1.CS(=O)(=O)O. The number of hydrogen-bond donors (Lipinski definition) is 3. The Labute approximate surface area is 169 Å². The minimum atomic E-state index is -3.69. The highest BCUT2D eigenvalue weighted by molar-refractivity contribution is 7.90. The molecule has 1 aromatic heterocycles. The number of nitrogens with zero attached hydrogens (tertiary/aromatic N) is 2. The molecule has 2 rings (SSSR count). The molecule has 3 N–H and O–H groups in total. The molecule has 0 aliphatic rings. The van der Waals surface area contributed by atoms with E-state index in [1.807, 2.05) is 19.0 Å². The highest BCUT2D eigenvalue weighted by atomic mass is 32.2. The lowest BCUT2D eigenvalue weighted by Gasteiger charge is -2.10. The molecule has 1 heterocycles. The van der Waals surface area contributed by atoms with Crippen LogP contribution >= 0.6 is 0 Å². The van der Waals surface area contributed by atoms with Gasteiger partial charge in [0.2, 0.25) is 0 Å². The summed E-state index contributed by atoms with van der Waals surface area (Å²) in [5.74, 6) is -0.693. The van der Waals surface area contributed by atoms with Crippen molar-refractivity contribution in [2.24, 2.45) is 0 Å². The Bertz CT molecular complexity index is 1050. The summed E-state index contributed by atoms with van der Waals surface area (Å²) in [6, 6.07) is 8.26. The van der Waals surface area contributed by atoms with Crippen LogP contribution in [-0.4, -0.2) is 61.7 Å². The van der Waals surface area contributed by atoms with E-state index in [0.717, 1.165) is 22.2 Å². The van der Waals surface area contributed by atoms with Gasteiger partial charge in [-0.05, 0) is 49.5 Å². The number of aromatic nitrogens is 1. The number of carbonyl (C=O) groups is 1. The van der Waals surface area contributed by atoms with Gasteiger partial charge in [0.15, 0.2) is 0 Å². The van der Waals surface area contributed by atoms with Crippen LogP contribution in [0, 0.1) is 0 Å². The molecule has 0 aliphatic carbocycles. The van der Waals surface area contributed by atoms with Crippen LogP contribution in [0.25, 0.3) is 6.08 Å². The Morgan fingerprint density at radius 3 is 2.17 bits per heavy atom. The van der Waals surface area contributed by atoms with Gasteiger partial charge in [-0.25, -0.2) is 17.9 Å². The van der Waals surface area contributed by atoms with Gasteiger partial charge in [0, 0.05) is 25.0 Å². The Hall–Kier alpha value is -2.51. The van der Waals surface area contributed by atoms with Gasteiger partial charge < -0.3 is 4.90 Å². The van der Waals surface area contributed by atoms with Crippen molar-refractivity contribution in [2.45, 2.75) is 11.4 Å². The third-order valence-corrected chi connectivity index (χ3v) is 4.88. The Morgan fingerprint density at radius 1 is 1.14 bits per heavy atom. The van der Waals surface area contributed by atoms with E-state index in [1.165, 1.54) is 23.9 Å². The molecule has 0 saturated heterocycles. The van der Waals surface area contributed by atoms with Crippen molar-refractivity contribution >= 4 is 32.1 Å². The monoisotopic (exact) mass is 445 g/mol. The number of nitrogens with one attached hydrogen (secondary N) is 1. The maximum absolute atomic E-state index is 12.6. The zero-order valence-electron chi connectivity index (χ0n) is 16.0. The summed E-state index contributed by atoms with van der Waals surface area (Å²) in [5, 5.41) is 8.42. The van der Waals surface area contributed by atoms with Gasteiger partial charge in [-0.3, -0.25) is 14.6 Å². The number of amides is 1. The topological polar surface area (TPSA) is 146 Å². The lowest BCUT2D eigenvalue weighted by Crippen LogP contribution is -2.14. The largest absolute Gasteiger partial charge is 0.305 e. The van der Waals surface area contributed by atoms with E-state index in [0.29, 0.717) is 11.8 Å². The summed E-state index contributed by atoms with van der Waals surface area (Å²) in [7, 11) is -3.47. The van der Waals surface area contributed by atoms with Crippen molar-refractivity contribution in [1.29, 1.82) is 0 Å². The number of carbonyl (C=O) groups excluding carboxylic acids is 1. The number of rotatable bonds is 6. The lowest BCUT2D eigenvalue weighted by molar-refractivity contribution is -0.124. The van der Waals surface area contributed by atoms with E-state index in [4.69, 9.17) is 9.76 Å². The number of hydroxylamine groups is 1. The third kappa shape index (κ3) is 9.02. The van der Waals surface area contributed by atoms with E-state index in [9.17, 15) is 21.6 Å². The van der Waals surface area contributed by atoms with Gasteiger partial charge in [-0.1, -0.05) is 12.1 Å². The molecule has 160 valence electrons. The standard InChI is InChI=1S/C16H19N3O4S.CH4O3S/c1-18(2)11-13-3-6-15(7-4-13)24(22,23)19-10-9-14(12-19)5-8-16(20)17-21;1-5(2,3)4/h3-10,12,21H,11H2,1-2H3,(H,17,20);1H3,(H,2,3,4). The van der Waals surface area contributed by atoms with Crippen LogP contribution in [0.5, 0.6) is 0 Å². The Kier molecular flexibility index (Phi) is 8.73. The van der Waals surface area contributed by atoms with Crippen LogP contribution in [-0.2, 0) is 31.5 Å². The molecule has 0 bridgehead atoms. The second kappa shape index (κ2) is 10.3. The minimum absolute atomic E-state index is 0.184. The van der Waals surface area contributed by atoms with Gasteiger partial charge >= 0.3 is 0 Å². The normalized spacial score (nSPS) is 11.9. The van der Waals surface area contributed by atoms with E-state index in [-0.39, 0.29) is 4.90 Å². The third-order valence-electron chi connectivity index (χ3n) is 3.23. The van der Waals surface area contributed by atoms with Crippen LogP contribution in [0.15, 0.2) is 53.7 Å². The van der Waals surface area contributed by atoms with Gasteiger partial charge in [0.25, 0.3) is 26.0 Å². The van der Waals surface area contributed by atoms with E-state index < -0.39 is 26.0 Å². The van der Waals surface area contributed by atoms with E-state index >= 15 is 0 Å². The molecule has 29 heavy (non-hydrogen) atoms. The molecule has 12 heteroatoms. The summed E-state index contributed by atoms with van der Waals surface area (Å²) in [6.45, 7) is 0.728. The lowest BCUT2D eigenvalue weighted by atomic mass is 10.2. The summed E-state index contributed by atoms with van der Waals surface area (Å²) >= 11 is 0. The first-order valence-corrected chi connectivity index (χ1v) is 11.3. The molecule has 0 spiro atoms. The molecule has 0 atom stereocenters. The zero-order chi connectivity index (χ0) is 22.2. The first kappa shape index (κ1) is 24.5. The summed E-state index contributed by atoms with van der Waals surface area (Å²) < 4.78 is 52.1. The van der Waals surface area contributed by atoms with Gasteiger partial charge in [0.1, 0.15) is 0 Å². The number of hydrogen-bond acceptors (Lipinski definition) is 7. The fourth-order valence-corrected chi connectivity index (χ4v) is 3.31. The first-order chi connectivity index (χ1) is 13.3. The van der Waals surface area contributed by atoms with E-state index in [2.05, 4.69) is 0 Å². The molecule has 10 nitrogen and oxygen atoms in total. The predicted octanol–water partition coefficient (Wildman–Crippen LogP) is 0.809. The van der Waals surface area contributed by atoms with Gasteiger partial charge in [-0.2, -0.15) is 8.42 Å². The molecule has 1 aromatic carbocycles. The molecular formula is C17H23N3O7S2. The fourth-order valence-electron chi connectivity index (χ4n) is 2.10. The molecular weight excluding hydrogens is 422 g/mol. The van der Waals surface area contributed by atoms with Crippen molar-refractivity contribution in [3.63, 3.8) is 0 Å².